The standard InChI is InChI=1S/C15H23ClN2.ClH/c1-2-11-18(14-7-9-17-10-8-14)12-13-5-3-4-6-15(13)16;/h3-6,14,17H,2,7-12H2,1H3;1H. The Balaban J connectivity index is 0.00000180. The van der Waals surface area contributed by atoms with Gasteiger partial charge in [0.15, 0.2) is 0 Å². The van der Waals surface area contributed by atoms with Crippen LogP contribution in [0.25, 0.3) is 0 Å². The first-order valence-electron chi connectivity index (χ1n) is 6.99. The van der Waals surface area contributed by atoms with Gasteiger partial charge in [0.25, 0.3) is 0 Å². The van der Waals surface area contributed by atoms with E-state index in [9.17, 15) is 0 Å². The molecule has 0 aliphatic carbocycles. The summed E-state index contributed by atoms with van der Waals surface area (Å²) in [6.07, 6.45) is 3.71. The molecule has 1 N–H and O–H groups in total. The van der Waals surface area contributed by atoms with Crippen molar-refractivity contribution < 1.29 is 0 Å². The zero-order chi connectivity index (χ0) is 12.8. The molecule has 0 bridgehead atoms. The number of rotatable bonds is 5. The van der Waals surface area contributed by atoms with Gasteiger partial charge in [0.05, 0.1) is 0 Å². The summed E-state index contributed by atoms with van der Waals surface area (Å²) in [5.41, 5.74) is 1.26. The van der Waals surface area contributed by atoms with E-state index in [2.05, 4.69) is 29.3 Å². The maximum Gasteiger partial charge on any atom is 0.0451 e. The molecule has 19 heavy (non-hydrogen) atoms. The molecular formula is C15H24Cl2N2. The summed E-state index contributed by atoms with van der Waals surface area (Å²) >= 11 is 6.27. The average Bonchev–Trinajstić information content (AvgIpc) is 2.42. The van der Waals surface area contributed by atoms with E-state index in [4.69, 9.17) is 11.6 Å². The summed E-state index contributed by atoms with van der Waals surface area (Å²) in [6.45, 7) is 6.69. The smallest absolute Gasteiger partial charge is 0.0451 e. The topological polar surface area (TPSA) is 15.3 Å². The molecule has 1 fully saturated rings. The van der Waals surface area contributed by atoms with Crippen LogP contribution in [0.15, 0.2) is 24.3 Å². The number of benzene rings is 1. The quantitative estimate of drug-likeness (QED) is 0.891. The Labute approximate surface area is 127 Å². The van der Waals surface area contributed by atoms with E-state index in [0.717, 1.165) is 31.2 Å². The van der Waals surface area contributed by atoms with Gasteiger partial charge in [0, 0.05) is 17.6 Å². The van der Waals surface area contributed by atoms with Gasteiger partial charge in [0.2, 0.25) is 0 Å². The molecule has 0 saturated carbocycles. The van der Waals surface area contributed by atoms with Gasteiger partial charge in [-0.15, -0.1) is 12.4 Å². The van der Waals surface area contributed by atoms with E-state index in [1.807, 2.05) is 12.1 Å². The monoisotopic (exact) mass is 302 g/mol. The van der Waals surface area contributed by atoms with Gasteiger partial charge in [-0.05, 0) is 50.5 Å². The largest absolute Gasteiger partial charge is 0.317 e. The second-order valence-corrected chi connectivity index (χ2v) is 5.45. The van der Waals surface area contributed by atoms with Crippen molar-refractivity contribution in [3.8, 4) is 0 Å². The Morgan fingerprint density at radius 3 is 2.58 bits per heavy atom. The highest BCUT2D eigenvalue weighted by atomic mass is 35.5. The van der Waals surface area contributed by atoms with Crippen molar-refractivity contribution in [1.82, 2.24) is 10.2 Å². The lowest BCUT2D eigenvalue weighted by Crippen LogP contribution is -2.43. The number of hydrogen-bond donors (Lipinski definition) is 1. The van der Waals surface area contributed by atoms with Crippen LogP contribution in [0.5, 0.6) is 0 Å². The molecule has 0 unspecified atom stereocenters. The highest BCUT2D eigenvalue weighted by Crippen LogP contribution is 2.21. The minimum Gasteiger partial charge on any atom is -0.317 e. The molecule has 1 aromatic rings. The molecule has 0 spiro atoms. The van der Waals surface area contributed by atoms with Crippen molar-refractivity contribution in [2.45, 2.75) is 38.8 Å². The number of piperidine rings is 1. The van der Waals surface area contributed by atoms with Crippen LogP contribution in [0.3, 0.4) is 0 Å². The maximum atomic E-state index is 6.27. The first kappa shape index (κ1) is 16.8. The molecule has 1 aromatic carbocycles. The van der Waals surface area contributed by atoms with E-state index >= 15 is 0 Å². The first-order valence-corrected chi connectivity index (χ1v) is 7.37. The Bertz CT molecular complexity index is 365. The summed E-state index contributed by atoms with van der Waals surface area (Å²) in [6, 6.07) is 8.92. The minimum atomic E-state index is 0. The lowest BCUT2D eigenvalue weighted by atomic mass is 10.0. The average molecular weight is 303 g/mol. The van der Waals surface area contributed by atoms with Crippen molar-refractivity contribution in [2.24, 2.45) is 0 Å². The van der Waals surface area contributed by atoms with E-state index in [1.165, 1.54) is 24.8 Å². The summed E-state index contributed by atoms with van der Waals surface area (Å²) in [4.78, 5) is 2.60. The Morgan fingerprint density at radius 1 is 1.26 bits per heavy atom. The van der Waals surface area contributed by atoms with E-state index < -0.39 is 0 Å². The van der Waals surface area contributed by atoms with Gasteiger partial charge in [-0.2, -0.15) is 0 Å². The Hall–Kier alpha value is -0.280. The summed E-state index contributed by atoms with van der Waals surface area (Å²) in [5, 5.41) is 4.33. The zero-order valence-corrected chi connectivity index (χ0v) is 13.1. The van der Waals surface area contributed by atoms with Crippen LogP contribution >= 0.6 is 24.0 Å². The fourth-order valence-corrected chi connectivity index (χ4v) is 2.89. The predicted octanol–water partition coefficient (Wildman–Crippen LogP) is 3.73. The Morgan fingerprint density at radius 2 is 1.95 bits per heavy atom. The van der Waals surface area contributed by atoms with Crippen molar-refractivity contribution in [3.63, 3.8) is 0 Å². The third kappa shape index (κ3) is 4.96. The SMILES string of the molecule is CCCN(Cc1ccccc1Cl)C1CCNCC1.Cl. The van der Waals surface area contributed by atoms with E-state index in [1.54, 1.807) is 0 Å². The summed E-state index contributed by atoms with van der Waals surface area (Å²) in [5.74, 6) is 0. The number of nitrogens with one attached hydrogen (secondary N) is 1. The highest BCUT2D eigenvalue weighted by Gasteiger charge is 2.20. The van der Waals surface area contributed by atoms with Gasteiger partial charge in [-0.3, -0.25) is 4.90 Å². The van der Waals surface area contributed by atoms with Crippen molar-refractivity contribution in [1.29, 1.82) is 0 Å². The highest BCUT2D eigenvalue weighted by molar-refractivity contribution is 6.31. The summed E-state index contributed by atoms with van der Waals surface area (Å²) < 4.78 is 0. The second-order valence-electron chi connectivity index (χ2n) is 5.04. The normalized spacial score (nSPS) is 16.4. The van der Waals surface area contributed by atoms with Crippen molar-refractivity contribution in [2.75, 3.05) is 19.6 Å². The molecule has 1 aliphatic rings. The minimum absolute atomic E-state index is 0. The number of halogens is 2. The lowest BCUT2D eigenvalue weighted by molar-refractivity contribution is 0.154. The van der Waals surface area contributed by atoms with E-state index in [0.29, 0.717) is 6.04 Å². The van der Waals surface area contributed by atoms with Gasteiger partial charge >= 0.3 is 0 Å². The summed E-state index contributed by atoms with van der Waals surface area (Å²) in [7, 11) is 0. The molecule has 108 valence electrons. The first-order chi connectivity index (χ1) is 8.81. The molecule has 0 amide bonds. The van der Waals surface area contributed by atoms with Gasteiger partial charge in [0.1, 0.15) is 0 Å². The van der Waals surface area contributed by atoms with Gasteiger partial charge in [-0.1, -0.05) is 36.7 Å². The second kappa shape index (κ2) is 8.80. The fraction of sp³-hybridized carbons (Fsp3) is 0.600. The third-order valence-corrected chi connectivity index (χ3v) is 4.04. The molecule has 4 heteroatoms. The van der Waals surface area contributed by atoms with Crippen LogP contribution in [0, 0.1) is 0 Å². The lowest BCUT2D eigenvalue weighted by Gasteiger charge is -2.34. The molecule has 1 aliphatic heterocycles. The number of nitrogens with zero attached hydrogens (tertiary/aromatic N) is 1. The third-order valence-electron chi connectivity index (χ3n) is 3.67. The molecule has 2 rings (SSSR count). The molecule has 2 nitrogen and oxygen atoms in total. The molecule has 0 radical (unpaired) electrons. The molecule has 1 heterocycles. The van der Waals surface area contributed by atoms with Gasteiger partial charge in [-0.25, -0.2) is 0 Å². The van der Waals surface area contributed by atoms with Crippen LogP contribution in [0.2, 0.25) is 5.02 Å². The predicted molar refractivity (Wildman–Crippen MR) is 85.3 cm³/mol. The molecule has 0 aromatic heterocycles. The van der Waals surface area contributed by atoms with Crippen LogP contribution in [0.1, 0.15) is 31.7 Å². The van der Waals surface area contributed by atoms with E-state index in [-0.39, 0.29) is 12.4 Å². The van der Waals surface area contributed by atoms with Crippen molar-refractivity contribution >= 4 is 24.0 Å². The molecule has 1 saturated heterocycles. The maximum absolute atomic E-state index is 6.27. The van der Waals surface area contributed by atoms with Crippen LogP contribution in [0.4, 0.5) is 0 Å². The van der Waals surface area contributed by atoms with Crippen LogP contribution in [-0.2, 0) is 6.54 Å². The van der Waals surface area contributed by atoms with Crippen LogP contribution < -0.4 is 5.32 Å². The fourth-order valence-electron chi connectivity index (χ4n) is 2.70. The van der Waals surface area contributed by atoms with Crippen molar-refractivity contribution in [3.05, 3.63) is 34.9 Å². The van der Waals surface area contributed by atoms with Crippen LogP contribution in [-0.4, -0.2) is 30.6 Å². The molecule has 0 atom stereocenters. The number of hydrogen-bond acceptors (Lipinski definition) is 2. The zero-order valence-electron chi connectivity index (χ0n) is 11.6. The van der Waals surface area contributed by atoms with Gasteiger partial charge < -0.3 is 5.32 Å². The Kier molecular flexibility index (Phi) is 7.77. The molecular weight excluding hydrogens is 279 g/mol.